The highest BCUT2D eigenvalue weighted by Crippen LogP contribution is 2.47. The van der Waals surface area contributed by atoms with Crippen LogP contribution in [0, 0.1) is 0 Å². The van der Waals surface area contributed by atoms with Crippen LogP contribution in [0.15, 0.2) is 18.2 Å². The summed E-state index contributed by atoms with van der Waals surface area (Å²) in [4.78, 5) is 5.19. The minimum Gasteiger partial charge on any atom is -0.310 e. The summed E-state index contributed by atoms with van der Waals surface area (Å²) in [6.07, 6.45) is 6.88. The van der Waals surface area contributed by atoms with Crippen LogP contribution in [0.1, 0.15) is 37.7 Å². The Bertz CT molecular complexity index is 399. The van der Waals surface area contributed by atoms with Crippen molar-refractivity contribution in [2.45, 2.75) is 44.7 Å². The van der Waals surface area contributed by atoms with Gasteiger partial charge >= 0.3 is 0 Å². The summed E-state index contributed by atoms with van der Waals surface area (Å²) in [7, 11) is 1.71. The Morgan fingerprint density at radius 3 is 2.82 bits per heavy atom. The molecule has 1 aromatic carbocycles. The predicted octanol–water partition coefficient (Wildman–Crippen LogP) is 3.12. The quantitative estimate of drug-likeness (QED) is 0.807. The van der Waals surface area contributed by atoms with Crippen molar-refractivity contribution in [3.05, 3.63) is 23.8 Å². The number of rotatable bonds is 4. The topological polar surface area (TPSA) is 24.3 Å². The number of hydrogen-bond donors (Lipinski definition) is 1. The lowest BCUT2D eigenvalue weighted by atomic mass is 9.95. The number of nitrogens with one attached hydrogen (secondary N) is 1. The average Bonchev–Trinajstić information content (AvgIpc) is 3.10. The van der Waals surface area contributed by atoms with Crippen molar-refractivity contribution < 1.29 is 4.84 Å². The summed E-state index contributed by atoms with van der Waals surface area (Å²) < 4.78 is 0. The highest BCUT2D eigenvalue weighted by atomic mass is 16.7. The zero-order chi connectivity index (χ0) is 11.7. The number of anilines is 2. The fourth-order valence-corrected chi connectivity index (χ4v) is 2.75. The Kier molecular flexibility index (Phi) is 3.04. The van der Waals surface area contributed by atoms with E-state index in [4.69, 9.17) is 4.84 Å². The first kappa shape index (κ1) is 11.1. The standard InChI is InChI=1S/C14H20N2O/c1-17-16-13-8-7-11(9-14(13)16)10-15-12-5-3-2-4-6-12/h7-9,12,15H,2-6,10H2,1H3. The molecule has 0 aromatic heterocycles. The van der Waals surface area contributed by atoms with E-state index in [2.05, 4.69) is 23.5 Å². The molecule has 0 unspecified atom stereocenters. The van der Waals surface area contributed by atoms with Crippen molar-refractivity contribution in [3.63, 3.8) is 0 Å². The summed E-state index contributed by atoms with van der Waals surface area (Å²) in [5.74, 6) is 0. The van der Waals surface area contributed by atoms with Crippen molar-refractivity contribution >= 4 is 11.4 Å². The monoisotopic (exact) mass is 232 g/mol. The highest BCUT2D eigenvalue weighted by molar-refractivity contribution is 5.90. The lowest BCUT2D eigenvalue weighted by Crippen LogP contribution is -2.30. The molecule has 3 rings (SSSR count). The Labute approximate surface area is 103 Å². The van der Waals surface area contributed by atoms with Gasteiger partial charge in [-0.05, 0) is 30.5 Å². The minimum atomic E-state index is 0.728. The van der Waals surface area contributed by atoms with Gasteiger partial charge in [-0.3, -0.25) is 4.84 Å². The average molecular weight is 232 g/mol. The van der Waals surface area contributed by atoms with Crippen LogP contribution in [-0.2, 0) is 11.4 Å². The molecule has 1 aromatic rings. The summed E-state index contributed by atoms with van der Waals surface area (Å²) in [5, 5.41) is 5.53. The fourth-order valence-electron chi connectivity index (χ4n) is 2.75. The maximum absolute atomic E-state index is 5.19. The molecule has 0 spiro atoms. The molecule has 2 aliphatic rings. The summed E-state index contributed by atoms with van der Waals surface area (Å²) in [6.45, 7) is 0.982. The molecular formula is C14H20N2O. The van der Waals surface area contributed by atoms with Gasteiger partial charge in [-0.25, -0.2) is 5.06 Å². The number of nitrogens with zero attached hydrogens (tertiary/aromatic N) is 1. The molecule has 0 radical (unpaired) electrons. The van der Waals surface area contributed by atoms with Crippen LogP contribution in [-0.4, -0.2) is 13.2 Å². The zero-order valence-corrected chi connectivity index (χ0v) is 10.4. The molecular weight excluding hydrogens is 212 g/mol. The van der Waals surface area contributed by atoms with Crippen LogP contribution in [0.3, 0.4) is 0 Å². The van der Waals surface area contributed by atoms with Gasteiger partial charge in [-0.2, -0.15) is 0 Å². The van der Waals surface area contributed by atoms with E-state index in [1.165, 1.54) is 49.0 Å². The van der Waals surface area contributed by atoms with Crippen molar-refractivity contribution in [1.82, 2.24) is 5.32 Å². The van der Waals surface area contributed by atoms with Crippen LogP contribution < -0.4 is 10.4 Å². The second kappa shape index (κ2) is 4.67. The van der Waals surface area contributed by atoms with Gasteiger partial charge in [0.2, 0.25) is 0 Å². The van der Waals surface area contributed by atoms with Gasteiger partial charge in [0, 0.05) is 12.6 Å². The van der Waals surface area contributed by atoms with E-state index < -0.39 is 0 Å². The molecule has 1 aliphatic carbocycles. The summed E-state index contributed by atoms with van der Waals surface area (Å²) in [6, 6.07) is 7.27. The molecule has 0 atom stereocenters. The van der Waals surface area contributed by atoms with Crippen LogP contribution in [0.5, 0.6) is 0 Å². The zero-order valence-electron chi connectivity index (χ0n) is 10.4. The Hall–Kier alpha value is -1.06. The van der Waals surface area contributed by atoms with Crippen LogP contribution >= 0.6 is 0 Å². The molecule has 3 heteroatoms. The van der Waals surface area contributed by atoms with Crippen molar-refractivity contribution in [2.75, 3.05) is 12.2 Å². The van der Waals surface area contributed by atoms with Gasteiger partial charge in [-0.15, -0.1) is 0 Å². The largest absolute Gasteiger partial charge is 0.310 e. The molecule has 1 fully saturated rings. The van der Waals surface area contributed by atoms with Crippen molar-refractivity contribution in [3.8, 4) is 0 Å². The first-order valence-corrected chi connectivity index (χ1v) is 6.59. The third kappa shape index (κ3) is 2.31. The van der Waals surface area contributed by atoms with E-state index in [-0.39, 0.29) is 0 Å². The molecule has 92 valence electrons. The van der Waals surface area contributed by atoms with Gasteiger partial charge in [-0.1, -0.05) is 25.3 Å². The van der Waals surface area contributed by atoms with Crippen LogP contribution in [0.4, 0.5) is 11.4 Å². The molecule has 1 heterocycles. The van der Waals surface area contributed by atoms with Crippen molar-refractivity contribution in [1.29, 1.82) is 0 Å². The van der Waals surface area contributed by atoms with Gasteiger partial charge in [0.15, 0.2) is 0 Å². The maximum atomic E-state index is 5.19. The number of fused-ring (bicyclic) bond motifs is 1. The third-order valence-electron chi connectivity index (χ3n) is 3.81. The second-order valence-corrected chi connectivity index (χ2v) is 5.02. The highest BCUT2D eigenvalue weighted by Gasteiger charge is 2.29. The first-order valence-electron chi connectivity index (χ1n) is 6.59. The van der Waals surface area contributed by atoms with Crippen LogP contribution in [0.2, 0.25) is 0 Å². The Balaban J connectivity index is 1.54. The second-order valence-electron chi connectivity index (χ2n) is 5.02. The van der Waals surface area contributed by atoms with E-state index in [1.54, 1.807) is 7.11 Å². The van der Waals surface area contributed by atoms with Gasteiger partial charge in [0.05, 0.1) is 18.5 Å². The number of hydrogen-bond acceptors (Lipinski definition) is 3. The third-order valence-corrected chi connectivity index (χ3v) is 3.81. The van der Waals surface area contributed by atoms with E-state index in [9.17, 15) is 0 Å². The smallest absolute Gasteiger partial charge is 0.0961 e. The van der Waals surface area contributed by atoms with Crippen LogP contribution in [0.25, 0.3) is 0 Å². The lowest BCUT2D eigenvalue weighted by molar-refractivity contribution is 0.224. The molecule has 0 bridgehead atoms. The van der Waals surface area contributed by atoms with Gasteiger partial charge in [0.25, 0.3) is 0 Å². The summed E-state index contributed by atoms with van der Waals surface area (Å²) in [5.41, 5.74) is 3.78. The van der Waals surface area contributed by atoms with E-state index in [1.807, 2.05) is 5.06 Å². The normalized spacial score (nSPS) is 19.2. The Morgan fingerprint density at radius 1 is 1.24 bits per heavy atom. The molecule has 1 aliphatic heterocycles. The molecule has 0 amide bonds. The minimum absolute atomic E-state index is 0.728. The molecule has 1 N–H and O–H groups in total. The molecule has 0 saturated heterocycles. The SMILES string of the molecule is CON1c2ccc(CNC3CCCCC3)cc21. The van der Waals surface area contributed by atoms with E-state index in [0.717, 1.165) is 12.6 Å². The fraction of sp³-hybridized carbons (Fsp3) is 0.571. The van der Waals surface area contributed by atoms with Gasteiger partial charge < -0.3 is 5.32 Å². The first-order chi connectivity index (χ1) is 8.38. The molecule has 1 saturated carbocycles. The molecule has 3 nitrogen and oxygen atoms in total. The molecule has 17 heavy (non-hydrogen) atoms. The van der Waals surface area contributed by atoms with E-state index in [0.29, 0.717) is 0 Å². The Morgan fingerprint density at radius 2 is 2.06 bits per heavy atom. The maximum Gasteiger partial charge on any atom is 0.0961 e. The lowest BCUT2D eigenvalue weighted by Gasteiger charge is -2.22. The van der Waals surface area contributed by atoms with Gasteiger partial charge in [0.1, 0.15) is 0 Å². The van der Waals surface area contributed by atoms with E-state index >= 15 is 0 Å². The number of benzene rings is 1. The summed E-state index contributed by atoms with van der Waals surface area (Å²) >= 11 is 0. The predicted molar refractivity (Wildman–Crippen MR) is 69.3 cm³/mol. The van der Waals surface area contributed by atoms with Crippen molar-refractivity contribution in [2.24, 2.45) is 0 Å².